The van der Waals surface area contributed by atoms with E-state index >= 15 is 0 Å². The Balaban J connectivity index is 1.52. The van der Waals surface area contributed by atoms with Crippen LogP contribution < -0.4 is 0 Å². The number of thioether (sulfide) groups is 1. The standard InChI is InChI=1S/C19H18N4O2S2/c1-24-11-9-23-17(14-6-3-2-4-7-14)21-22-19(23)27-13-15-12-26-18(20-15)16-8-5-10-25-16/h2-8,10,12H,9,11,13H2,1H3. The van der Waals surface area contributed by atoms with Crippen molar-refractivity contribution in [3.8, 4) is 22.2 Å². The van der Waals surface area contributed by atoms with Crippen LogP contribution in [0.4, 0.5) is 0 Å². The van der Waals surface area contributed by atoms with Crippen molar-refractivity contribution in [2.24, 2.45) is 0 Å². The summed E-state index contributed by atoms with van der Waals surface area (Å²) in [6.07, 6.45) is 1.66. The third-order valence-corrected chi connectivity index (χ3v) is 5.81. The van der Waals surface area contributed by atoms with Gasteiger partial charge in [-0.05, 0) is 12.1 Å². The second-order valence-electron chi connectivity index (χ2n) is 5.73. The molecular formula is C19H18N4O2S2. The molecule has 3 aromatic heterocycles. The number of hydrogen-bond acceptors (Lipinski definition) is 7. The van der Waals surface area contributed by atoms with Crippen LogP contribution in [-0.4, -0.2) is 33.5 Å². The van der Waals surface area contributed by atoms with Crippen molar-refractivity contribution in [2.45, 2.75) is 17.5 Å². The van der Waals surface area contributed by atoms with E-state index in [0.29, 0.717) is 13.2 Å². The lowest BCUT2D eigenvalue weighted by Crippen LogP contribution is -2.07. The van der Waals surface area contributed by atoms with E-state index in [2.05, 4.69) is 25.1 Å². The SMILES string of the molecule is COCCn1c(SCc2csc(-c3ccco3)n2)nnc1-c1ccccc1. The zero-order valence-electron chi connectivity index (χ0n) is 14.7. The van der Waals surface area contributed by atoms with Crippen LogP contribution in [0.5, 0.6) is 0 Å². The fourth-order valence-corrected chi connectivity index (χ4v) is 4.35. The molecule has 27 heavy (non-hydrogen) atoms. The number of nitrogens with zero attached hydrogens (tertiary/aromatic N) is 4. The molecule has 0 saturated heterocycles. The molecule has 1 aromatic carbocycles. The van der Waals surface area contributed by atoms with Crippen molar-refractivity contribution >= 4 is 23.1 Å². The first-order chi connectivity index (χ1) is 13.3. The molecule has 0 aliphatic rings. The third-order valence-electron chi connectivity index (χ3n) is 3.90. The molecule has 0 N–H and O–H groups in total. The van der Waals surface area contributed by atoms with E-state index in [0.717, 1.165) is 38.8 Å². The molecule has 4 aromatic rings. The van der Waals surface area contributed by atoms with Crippen molar-refractivity contribution in [3.05, 3.63) is 59.8 Å². The number of thiazole rings is 1. The van der Waals surface area contributed by atoms with Gasteiger partial charge in [0.05, 0.1) is 25.1 Å². The van der Waals surface area contributed by atoms with E-state index in [4.69, 9.17) is 9.15 Å². The maximum atomic E-state index is 5.41. The Labute approximate surface area is 165 Å². The quantitative estimate of drug-likeness (QED) is 0.404. The monoisotopic (exact) mass is 398 g/mol. The molecule has 8 heteroatoms. The van der Waals surface area contributed by atoms with E-state index in [1.54, 1.807) is 36.5 Å². The topological polar surface area (TPSA) is 66.0 Å². The number of ether oxygens (including phenoxy) is 1. The molecule has 138 valence electrons. The third kappa shape index (κ3) is 4.13. The molecule has 4 rings (SSSR count). The summed E-state index contributed by atoms with van der Waals surface area (Å²) in [5, 5.41) is 12.6. The van der Waals surface area contributed by atoms with Crippen LogP contribution in [0.2, 0.25) is 0 Å². The Bertz CT molecular complexity index is 981. The largest absolute Gasteiger partial charge is 0.462 e. The van der Waals surface area contributed by atoms with Crippen LogP contribution in [0.1, 0.15) is 5.69 Å². The van der Waals surface area contributed by atoms with Crippen molar-refractivity contribution in [2.75, 3.05) is 13.7 Å². The fourth-order valence-electron chi connectivity index (χ4n) is 2.61. The van der Waals surface area contributed by atoms with Crippen LogP contribution in [0.15, 0.2) is 63.7 Å². The van der Waals surface area contributed by atoms with Gasteiger partial charge in [-0.1, -0.05) is 42.1 Å². The van der Waals surface area contributed by atoms with E-state index < -0.39 is 0 Å². The van der Waals surface area contributed by atoms with Crippen molar-refractivity contribution in [3.63, 3.8) is 0 Å². The minimum absolute atomic E-state index is 0.602. The lowest BCUT2D eigenvalue weighted by molar-refractivity contribution is 0.185. The van der Waals surface area contributed by atoms with Gasteiger partial charge in [0.1, 0.15) is 0 Å². The second-order valence-corrected chi connectivity index (χ2v) is 7.53. The number of methoxy groups -OCH3 is 1. The van der Waals surface area contributed by atoms with Gasteiger partial charge in [-0.25, -0.2) is 4.98 Å². The maximum absolute atomic E-state index is 5.41. The highest BCUT2D eigenvalue weighted by Crippen LogP contribution is 2.29. The molecule has 3 heterocycles. The first kappa shape index (κ1) is 18.0. The Morgan fingerprint density at radius 1 is 1.15 bits per heavy atom. The molecular weight excluding hydrogens is 380 g/mol. The highest BCUT2D eigenvalue weighted by atomic mass is 32.2. The minimum atomic E-state index is 0.602. The van der Waals surface area contributed by atoms with Crippen LogP contribution in [-0.2, 0) is 17.0 Å². The van der Waals surface area contributed by atoms with Gasteiger partial charge in [-0.2, -0.15) is 0 Å². The van der Waals surface area contributed by atoms with Gasteiger partial charge in [0.2, 0.25) is 0 Å². The number of rotatable bonds is 8. The zero-order valence-corrected chi connectivity index (χ0v) is 16.4. The van der Waals surface area contributed by atoms with Gasteiger partial charge in [0, 0.05) is 23.8 Å². The van der Waals surface area contributed by atoms with Gasteiger partial charge < -0.3 is 9.15 Å². The Hall–Kier alpha value is -2.42. The predicted octanol–water partition coefficient (Wildman–Crippen LogP) is 4.60. The van der Waals surface area contributed by atoms with Crippen LogP contribution in [0, 0.1) is 0 Å². The molecule has 0 atom stereocenters. The van der Waals surface area contributed by atoms with Gasteiger partial charge in [0.15, 0.2) is 21.7 Å². The number of benzene rings is 1. The molecule has 0 fully saturated rings. The maximum Gasteiger partial charge on any atom is 0.191 e. The summed E-state index contributed by atoms with van der Waals surface area (Å²) in [6.45, 7) is 1.30. The number of furan rings is 1. The molecule has 0 spiro atoms. The van der Waals surface area contributed by atoms with E-state index in [9.17, 15) is 0 Å². The average Bonchev–Trinajstić information content (AvgIpc) is 3.45. The highest BCUT2D eigenvalue weighted by molar-refractivity contribution is 7.98. The average molecular weight is 399 g/mol. The summed E-state index contributed by atoms with van der Waals surface area (Å²) in [4.78, 5) is 4.65. The first-order valence-electron chi connectivity index (χ1n) is 8.44. The van der Waals surface area contributed by atoms with Gasteiger partial charge in [-0.15, -0.1) is 21.5 Å². The Morgan fingerprint density at radius 3 is 2.81 bits per heavy atom. The zero-order chi connectivity index (χ0) is 18.5. The van der Waals surface area contributed by atoms with Crippen molar-refractivity contribution in [1.82, 2.24) is 19.7 Å². The summed E-state index contributed by atoms with van der Waals surface area (Å²) in [5.74, 6) is 2.37. The molecule has 0 radical (unpaired) electrons. The molecule has 0 amide bonds. The van der Waals surface area contributed by atoms with E-state index in [1.807, 2.05) is 42.5 Å². The van der Waals surface area contributed by atoms with Gasteiger partial charge >= 0.3 is 0 Å². The molecule has 6 nitrogen and oxygen atoms in total. The number of hydrogen-bond donors (Lipinski definition) is 0. The molecule has 0 aliphatic carbocycles. The minimum Gasteiger partial charge on any atom is -0.462 e. The smallest absolute Gasteiger partial charge is 0.191 e. The van der Waals surface area contributed by atoms with Gasteiger partial charge in [0.25, 0.3) is 0 Å². The molecule has 0 saturated carbocycles. The normalized spacial score (nSPS) is 11.1. The fraction of sp³-hybridized carbons (Fsp3) is 0.211. The van der Waals surface area contributed by atoms with Crippen LogP contribution >= 0.6 is 23.1 Å². The van der Waals surface area contributed by atoms with Crippen LogP contribution in [0.25, 0.3) is 22.2 Å². The van der Waals surface area contributed by atoms with Crippen LogP contribution in [0.3, 0.4) is 0 Å². The lowest BCUT2D eigenvalue weighted by Gasteiger charge is -2.09. The van der Waals surface area contributed by atoms with E-state index in [1.165, 1.54) is 0 Å². The number of aromatic nitrogens is 4. The molecule has 0 bridgehead atoms. The molecule has 0 unspecified atom stereocenters. The van der Waals surface area contributed by atoms with Crippen molar-refractivity contribution in [1.29, 1.82) is 0 Å². The van der Waals surface area contributed by atoms with Crippen molar-refractivity contribution < 1.29 is 9.15 Å². The van der Waals surface area contributed by atoms with E-state index in [-0.39, 0.29) is 0 Å². The summed E-state index contributed by atoms with van der Waals surface area (Å²) in [6, 6.07) is 13.9. The summed E-state index contributed by atoms with van der Waals surface area (Å²) < 4.78 is 12.8. The summed E-state index contributed by atoms with van der Waals surface area (Å²) in [7, 11) is 1.70. The predicted molar refractivity (Wildman–Crippen MR) is 107 cm³/mol. The van der Waals surface area contributed by atoms with Gasteiger partial charge in [-0.3, -0.25) is 4.57 Å². The lowest BCUT2D eigenvalue weighted by atomic mass is 10.2. The highest BCUT2D eigenvalue weighted by Gasteiger charge is 2.15. The second kappa shape index (κ2) is 8.51. The Morgan fingerprint density at radius 2 is 2.04 bits per heavy atom. The molecule has 0 aliphatic heterocycles. The Kier molecular flexibility index (Phi) is 5.66. The first-order valence-corrected chi connectivity index (χ1v) is 10.3. The summed E-state index contributed by atoms with van der Waals surface area (Å²) >= 11 is 3.21. The summed E-state index contributed by atoms with van der Waals surface area (Å²) in [5.41, 5.74) is 2.04.